The Morgan fingerprint density at radius 3 is 2.29 bits per heavy atom. The number of nitrogens with zero attached hydrogens (tertiary/aromatic N) is 1. The number of carbonyl (C=O) groups excluding carboxylic acids is 1. The standard InChI is InChI=1S/C24H21NO3/c1-25(2)18-11-7-16(8-12-18)15-22-23(20-5-3-4-6-21(20)28-22)24(27)17-9-13-19(26)14-10-17/h3-14,26H,15H2,1-2H3. The summed E-state index contributed by atoms with van der Waals surface area (Å²) in [6.45, 7) is 0. The van der Waals surface area contributed by atoms with E-state index < -0.39 is 0 Å². The molecule has 4 heteroatoms. The Balaban J connectivity index is 1.76. The molecule has 0 saturated carbocycles. The zero-order valence-electron chi connectivity index (χ0n) is 15.8. The van der Waals surface area contributed by atoms with Gasteiger partial charge >= 0.3 is 0 Å². The van der Waals surface area contributed by atoms with Gasteiger partial charge in [-0.15, -0.1) is 0 Å². The first-order chi connectivity index (χ1) is 13.5. The summed E-state index contributed by atoms with van der Waals surface area (Å²) in [5.41, 5.74) is 3.99. The van der Waals surface area contributed by atoms with E-state index in [0.717, 1.165) is 16.6 Å². The lowest BCUT2D eigenvalue weighted by molar-refractivity contribution is 0.103. The van der Waals surface area contributed by atoms with Gasteiger partial charge in [0.1, 0.15) is 17.1 Å². The molecule has 1 aromatic heterocycles. The second kappa shape index (κ2) is 7.24. The summed E-state index contributed by atoms with van der Waals surface area (Å²) >= 11 is 0. The van der Waals surface area contributed by atoms with Crippen LogP contribution in [0.5, 0.6) is 5.75 Å². The van der Waals surface area contributed by atoms with E-state index in [1.165, 1.54) is 12.1 Å². The Labute approximate surface area is 163 Å². The van der Waals surface area contributed by atoms with Crippen LogP contribution in [-0.4, -0.2) is 25.0 Å². The van der Waals surface area contributed by atoms with Crippen LogP contribution >= 0.6 is 0 Å². The van der Waals surface area contributed by atoms with Gasteiger partial charge in [0.05, 0.1) is 5.56 Å². The lowest BCUT2D eigenvalue weighted by Gasteiger charge is -2.12. The maximum atomic E-state index is 13.2. The van der Waals surface area contributed by atoms with E-state index in [1.807, 2.05) is 43.3 Å². The van der Waals surface area contributed by atoms with Crippen LogP contribution in [-0.2, 0) is 6.42 Å². The zero-order chi connectivity index (χ0) is 19.7. The van der Waals surface area contributed by atoms with Crippen LogP contribution in [0.2, 0.25) is 0 Å². The first-order valence-electron chi connectivity index (χ1n) is 9.13. The van der Waals surface area contributed by atoms with Gasteiger partial charge in [-0.1, -0.05) is 30.3 Å². The van der Waals surface area contributed by atoms with Crippen LogP contribution in [0.1, 0.15) is 27.2 Å². The summed E-state index contributed by atoms with van der Waals surface area (Å²) in [6.07, 6.45) is 0.529. The number of carbonyl (C=O) groups is 1. The van der Waals surface area contributed by atoms with Crippen LogP contribution in [0.4, 0.5) is 5.69 Å². The van der Waals surface area contributed by atoms with Gasteiger partial charge in [-0.3, -0.25) is 4.79 Å². The van der Waals surface area contributed by atoms with Gasteiger partial charge in [0.2, 0.25) is 0 Å². The molecule has 1 heterocycles. The van der Waals surface area contributed by atoms with Crippen molar-refractivity contribution in [3.8, 4) is 5.75 Å². The van der Waals surface area contributed by atoms with E-state index in [0.29, 0.717) is 28.9 Å². The number of rotatable bonds is 5. The lowest BCUT2D eigenvalue weighted by Crippen LogP contribution is -2.08. The second-order valence-corrected chi connectivity index (χ2v) is 7.01. The highest BCUT2D eigenvalue weighted by Gasteiger charge is 2.22. The van der Waals surface area contributed by atoms with Gasteiger partial charge in [0.25, 0.3) is 0 Å². The van der Waals surface area contributed by atoms with Crippen LogP contribution < -0.4 is 4.90 Å². The summed E-state index contributed by atoms with van der Waals surface area (Å²) in [6, 6.07) is 22.1. The molecule has 4 aromatic rings. The topological polar surface area (TPSA) is 53.7 Å². The Morgan fingerprint density at radius 1 is 0.929 bits per heavy atom. The van der Waals surface area contributed by atoms with Gasteiger partial charge in [-0.25, -0.2) is 0 Å². The summed E-state index contributed by atoms with van der Waals surface area (Å²) in [5, 5.41) is 10.3. The van der Waals surface area contributed by atoms with Crippen LogP contribution in [0.3, 0.4) is 0 Å². The molecule has 3 aromatic carbocycles. The Kier molecular flexibility index (Phi) is 4.62. The molecule has 0 fully saturated rings. The van der Waals surface area contributed by atoms with E-state index >= 15 is 0 Å². The minimum Gasteiger partial charge on any atom is -0.508 e. The lowest BCUT2D eigenvalue weighted by atomic mass is 9.97. The van der Waals surface area contributed by atoms with Crippen LogP contribution in [0.25, 0.3) is 11.0 Å². The fraction of sp³-hybridized carbons (Fsp3) is 0.125. The van der Waals surface area contributed by atoms with Crippen molar-refractivity contribution in [2.75, 3.05) is 19.0 Å². The van der Waals surface area contributed by atoms with Crippen molar-refractivity contribution in [1.82, 2.24) is 0 Å². The number of fused-ring (bicyclic) bond motifs is 1. The third kappa shape index (κ3) is 3.37. The molecule has 140 valence electrons. The van der Waals surface area contributed by atoms with Gasteiger partial charge < -0.3 is 14.4 Å². The van der Waals surface area contributed by atoms with Gasteiger partial charge in [0, 0.05) is 37.2 Å². The molecule has 1 N–H and O–H groups in total. The predicted octanol–water partition coefficient (Wildman–Crippen LogP) is 5.03. The average molecular weight is 371 g/mol. The van der Waals surface area contributed by atoms with E-state index in [9.17, 15) is 9.90 Å². The molecular formula is C24H21NO3. The molecule has 0 radical (unpaired) electrons. The van der Waals surface area contributed by atoms with Crippen molar-refractivity contribution in [3.63, 3.8) is 0 Å². The molecule has 4 rings (SSSR count). The largest absolute Gasteiger partial charge is 0.508 e. The molecule has 28 heavy (non-hydrogen) atoms. The molecule has 4 nitrogen and oxygen atoms in total. The predicted molar refractivity (Wildman–Crippen MR) is 111 cm³/mol. The third-order valence-electron chi connectivity index (χ3n) is 4.84. The van der Waals surface area contributed by atoms with Crippen molar-refractivity contribution in [2.24, 2.45) is 0 Å². The van der Waals surface area contributed by atoms with E-state index in [-0.39, 0.29) is 11.5 Å². The number of anilines is 1. The number of hydrogen-bond donors (Lipinski definition) is 1. The first kappa shape index (κ1) is 17.9. The Morgan fingerprint density at radius 2 is 1.61 bits per heavy atom. The van der Waals surface area contributed by atoms with Gasteiger partial charge in [0.15, 0.2) is 5.78 Å². The Bertz CT molecular complexity index is 1120. The fourth-order valence-electron chi connectivity index (χ4n) is 3.32. The highest BCUT2D eigenvalue weighted by atomic mass is 16.3. The van der Waals surface area contributed by atoms with E-state index in [2.05, 4.69) is 24.3 Å². The number of furan rings is 1. The van der Waals surface area contributed by atoms with Crippen molar-refractivity contribution in [2.45, 2.75) is 6.42 Å². The van der Waals surface area contributed by atoms with Gasteiger partial charge in [-0.05, 0) is 48.0 Å². The summed E-state index contributed by atoms with van der Waals surface area (Å²) in [7, 11) is 4.01. The van der Waals surface area contributed by atoms with Crippen LogP contribution in [0.15, 0.2) is 77.2 Å². The number of aromatic hydroxyl groups is 1. The quantitative estimate of drug-likeness (QED) is 0.500. The van der Waals surface area contributed by atoms with Crippen LogP contribution in [0, 0.1) is 0 Å². The third-order valence-corrected chi connectivity index (χ3v) is 4.84. The second-order valence-electron chi connectivity index (χ2n) is 7.01. The van der Waals surface area contributed by atoms with Crippen molar-refractivity contribution >= 4 is 22.4 Å². The number of hydrogen-bond acceptors (Lipinski definition) is 4. The number of phenolic OH excluding ortho intramolecular Hbond substituents is 1. The minimum absolute atomic E-state index is 0.107. The summed E-state index contributed by atoms with van der Waals surface area (Å²) in [4.78, 5) is 15.3. The normalized spacial score (nSPS) is 10.9. The smallest absolute Gasteiger partial charge is 0.197 e. The number of ketones is 1. The average Bonchev–Trinajstić information content (AvgIpc) is 3.06. The first-order valence-corrected chi connectivity index (χ1v) is 9.13. The molecule has 0 aliphatic rings. The molecule has 0 aliphatic heterocycles. The highest BCUT2D eigenvalue weighted by molar-refractivity contribution is 6.16. The number of benzene rings is 3. The summed E-state index contributed by atoms with van der Waals surface area (Å²) in [5.74, 6) is 0.677. The molecule has 0 unspecified atom stereocenters. The van der Waals surface area contributed by atoms with E-state index in [1.54, 1.807) is 12.1 Å². The van der Waals surface area contributed by atoms with Crippen molar-refractivity contribution in [3.05, 3.63) is 95.2 Å². The molecule has 0 amide bonds. The zero-order valence-corrected chi connectivity index (χ0v) is 15.8. The molecule has 0 bridgehead atoms. The monoisotopic (exact) mass is 371 g/mol. The minimum atomic E-state index is -0.107. The molecular weight excluding hydrogens is 350 g/mol. The summed E-state index contributed by atoms with van der Waals surface area (Å²) < 4.78 is 6.07. The highest BCUT2D eigenvalue weighted by Crippen LogP contribution is 2.30. The number of para-hydroxylation sites is 1. The molecule has 0 aliphatic carbocycles. The Hall–Kier alpha value is -3.53. The van der Waals surface area contributed by atoms with E-state index in [4.69, 9.17) is 4.42 Å². The molecule has 0 spiro atoms. The molecule has 0 saturated heterocycles. The van der Waals surface area contributed by atoms with Crippen molar-refractivity contribution < 1.29 is 14.3 Å². The van der Waals surface area contributed by atoms with Crippen molar-refractivity contribution in [1.29, 1.82) is 0 Å². The fourth-order valence-corrected chi connectivity index (χ4v) is 3.32. The molecule has 0 atom stereocenters. The maximum absolute atomic E-state index is 13.2. The SMILES string of the molecule is CN(C)c1ccc(Cc2oc3ccccc3c2C(=O)c2ccc(O)cc2)cc1. The number of phenols is 1. The maximum Gasteiger partial charge on any atom is 0.197 e. The van der Waals surface area contributed by atoms with Gasteiger partial charge in [-0.2, -0.15) is 0 Å².